The van der Waals surface area contributed by atoms with Crippen molar-refractivity contribution in [2.75, 3.05) is 0 Å². The predicted octanol–water partition coefficient (Wildman–Crippen LogP) is 2.40. The molecule has 0 spiro atoms. The van der Waals surface area contributed by atoms with Crippen LogP contribution in [0.3, 0.4) is 0 Å². The summed E-state index contributed by atoms with van der Waals surface area (Å²) in [6, 6.07) is 2.76. The predicted molar refractivity (Wildman–Crippen MR) is 60.2 cm³/mol. The zero-order valence-corrected chi connectivity index (χ0v) is 9.58. The monoisotopic (exact) mass is 266 g/mol. The fraction of sp³-hybridized carbons (Fsp3) is 0.0909. The van der Waals surface area contributed by atoms with Crippen molar-refractivity contribution in [1.29, 1.82) is 0 Å². The normalized spacial score (nSPS) is 10.4. The standard InChI is InChI=1S/C11H7FN2O5/c1-5-9(11(15)16)13-10(19-5)7-4-6(12)2-3-8(7)14(17)18/h2-4H,1H3,(H,15,16). The van der Waals surface area contributed by atoms with Crippen LogP contribution in [0.5, 0.6) is 0 Å². The van der Waals surface area contributed by atoms with Gasteiger partial charge >= 0.3 is 5.97 Å². The minimum absolute atomic E-state index is 0.0129. The van der Waals surface area contributed by atoms with Gasteiger partial charge in [0.15, 0.2) is 5.69 Å². The Morgan fingerprint density at radius 3 is 2.74 bits per heavy atom. The molecule has 0 atom stereocenters. The van der Waals surface area contributed by atoms with E-state index >= 15 is 0 Å². The average Bonchev–Trinajstić information content (AvgIpc) is 2.70. The summed E-state index contributed by atoms with van der Waals surface area (Å²) in [5.41, 5.74) is -0.992. The molecule has 0 aliphatic rings. The maximum atomic E-state index is 13.2. The zero-order valence-electron chi connectivity index (χ0n) is 9.58. The zero-order chi connectivity index (χ0) is 14.2. The van der Waals surface area contributed by atoms with Crippen molar-refractivity contribution in [1.82, 2.24) is 4.98 Å². The Morgan fingerprint density at radius 1 is 1.53 bits per heavy atom. The van der Waals surface area contributed by atoms with Gasteiger partial charge in [-0.3, -0.25) is 10.1 Å². The van der Waals surface area contributed by atoms with Crippen LogP contribution in [0, 0.1) is 22.9 Å². The maximum Gasteiger partial charge on any atom is 0.358 e. The Labute approximate surface area is 105 Å². The number of rotatable bonds is 3. The second-order valence-corrected chi connectivity index (χ2v) is 3.65. The van der Waals surface area contributed by atoms with Gasteiger partial charge in [-0.2, -0.15) is 0 Å². The minimum atomic E-state index is -1.33. The number of halogens is 1. The molecule has 0 aliphatic carbocycles. The summed E-state index contributed by atoms with van der Waals surface area (Å²) in [5.74, 6) is -2.36. The first kappa shape index (κ1) is 12.7. The molecule has 2 aromatic rings. The third-order valence-corrected chi connectivity index (χ3v) is 2.38. The van der Waals surface area contributed by atoms with E-state index in [-0.39, 0.29) is 22.9 Å². The van der Waals surface area contributed by atoms with Gasteiger partial charge in [0.25, 0.3) is 5.69 Å². The van der Waals surface area contributed by atoms with Gasteiger partial charge in [0.05, 0.1) is 4.92 Å². The number of nitro benzene ring substituents is 1. The van der Waals surface area contributed by atoms with E-state index in [2.05, 4.69) is 4.98 Å². The van der Waals surface area contributed by atoms with Crippen LogP contribution < -0.4 is 0 Å². The van der Waals surface area contributed by atoms with Crippen molar-refractivity contribution in [2.45, 2.75) is 6.92 Å². The molecule has 0 bridgehead atoms. The lowest BCUT2D eigenvalue weighted by Crippen LogP contribution is -1.99. The van der Waals surface area contributed by atoms with Gasteiger partial charge in [-0.05, 0) is 19.1 Å². The van der Waals surface area contributed by atoms with Gasteiger partial charge in [-0.15, -0.1) is 0 Å². The molecule has 0 saturated heterocycles. The highest BCUT2D eigenvalue weighted by Crippen LogP contribution is 2.31. The van der Waals surface area contributed by atoms with E-state index in [1.807, 2.05) is 0 Å². The highest BCUT2D eigenvalue weighted by Gasteiger charge is 2.23. The van der Waals surface area contributed by atoms with E-state index in [1.54, 1.807) is 0 Å². The Bertz CT molecular complexity index is 680. The van der Waals surface area contributed by atoms with Crippen molar-refractivity contribution in [3.05, 3.63) is 45.6 Å². The molecule has 0 radical (unpaired) electrons. The van der Waals surface area contributed by atoms with E-state index in [1.165, 1.54) is 6.92 Å². The van der Waals surface area contributed by atoms with Crippen LogP contribution in [0.4, 0.5) is 10.1 Å². The second-order valence-electron chi connectivity index (χ2n) is 3.65. The van der Waals surface area contributed by atoms with Crippen LogP contribution in [-0.2, 0) is 0 Å². The van der Waals surface area contributed by atoms with E-state index in [4.69, 9.17) is 9.52 Å². The number of carbonyl (C=O) groups is 1. The molecule has 1 N–H and O–H groups in total. The number of carboxylic acids is 1. The summed E-state index contributed by atoms with van der Waals surface area (Å²) in [6.07, 6.45) is 0. The minimum Gasteiger partial charge on any atom is -0.476 e. The van der Waals surface area contributed by atoms with Crippen molar-refractivity contribution < 1.29 is 23.6 Å². The largest absolute Gasteiger partial charge is 0.476 e. The summed E-state index contributed by atoms with van der Waals surface area (Å²) in [6.45, 7) is 1.35. The van der Waals surface area contributed by atoms with Crippen molar-refractivity contribution in [3.8, 4) is 11.5 Å². The van der Waals surface area contributed by atoms with E-state index in [0.29, 0.717) is 0 Å². The van der Waals surface area contributed by atoms with Gasteiger partial charge < -0.3 is 9.52 Å². The molecular formula is C11H7FN2O5. The third-order valence-electron chi connectivity index (χ3n) is 2.38. The fourth-order valence-electron chi connectivity index (χ4n) is 1.55. The highest BCUT2D eigenvalue weighted by molar-refractivity contribution is 5.87. The Morgan fingerprint density at radius 2 is 2.21 bits per heavy atom. The Kier molecular flexibility index (Phi) is 2.99. The molecule has 1 aromatic heterocycles. The number of benzene rings is 1. The van der Waals surface area contributed by atoms with Crippen LogP contribution in [0.15, 0.2) is 22.6 Å². The SMILES string of the molecule is Cc1oc(-c2cc(F)ccc2[N+](=O)[O-])nc1C(=O)O. The van der Waals surface area contributed by atoms with Crippen molar-refractivity contribution >= 4 is 11.7 Å². The molecule has 0 unspecified atom stereocenters. The number of nitrogens with zero attached hydrogens (tertiary/aromatic N) is 2. The number of aromatic carboxylic acids is 1. The second kappa shape index (κ2) is 4.48. The van der Waals surface area contributed by atoms with Gasteiger partial charge in [0, 0.05) is 6.07 Å². The number of carboxylic acid groups (broad SMARTS) is 1. The lowest BCUT2D eigenvalue weighted by molar-refractivity contribution is -0.384. The first-order valence-corrected chi connectivity index (χ1v) is 5.05. The molecule has 2 rings (SSSR count). The molecule has 8 heteroatoms. The van der Waals surface area contributed by atoms with Crippen LogP contribution >= 0.6 is 0 Å². The molecule has 0 amide bonds. The number of aromatic nitrogens is 1. The summed E-state index contributed by atoms with van der Waals surface area (Å²) in [4.78, 5) is 24.5. The first-order valence-electron chi connectivity index (χ1n) is 5.05. The Hall–Kier alpha value is -2.77. The summed E-state index contributed by atoms with van der Waals surface area (Å²) in [7, 11) is 0. The number of aryl methyl sites for hydroxylation is 1. The average molecular weight is 266 g/mol. The van der Waals surface area contributed by atoms with Crippen molar-refractivity contribution in [3.63, 3.8) is 0 Å². The van der Waals surface area contributed by atoms with Crippen LogP contribution in [-0.4, -0.2) is 21.0 Å². The summed E-state index contributed by atoms with van der Waals surface area (Å²) >= 11 is 0. The lowest BCUT2D eigenvalue weighted by atomic mass is 10.2. The molecule has 0 aliphatic heterocycles. The summed E-state index contributed by atoms with van der Waals surface area (Å²) in [5, 5.41) is 19.7. The van der Waals surface area contributed by atoms with Gasteiger partial charge in [0.1, 0.15) is 17.1 Å². The molecule has 1 heterocycles. The first-order chi connectivity index (χ1) is 8.90. The molecular weight excluding hydrogens is 259 g/mol. The van der Waals surface area contributed by atoms with Crippen LogP contribution in [0.25, 0.3) is 11.5 Å². The molecule has 0 fully saturated rings. The van der Waals surface area contributed by atoms with Gasteiger partial charge in [0.2, 0.25) is 5.89 Å². The Balaban J connectivity index is 2.64. The van der Waals surface area contributed by atoms with Crippen molar-refractivity contribution in [2.24, 2.45) is 0 Å². The lowest BCUT2D eigenvalue weighted by Gasteiger charge is -1.98. The van der Waals surface area contributed by atoms with E-state index < -0.39 is 22.4 Å². The number of nitro groups is 1. The third kappa shape index (κ3) is 2.28. The topological polar surface area (TPSA) is 106 Å². The number of hydrogen-bond donors (Lipinski definition) is 1. The molecule has 19 heavy (non-hydrogen) atoms. The number of oxazole rings is 1. The smallest absolute Gasteiger partial charge is 0.358 e. The van der Waals surface area contributed by atoms with Gasteiger partial charge in [-0.1, -0.05) is 0 Å². The van der Waals surface area contributed by atoms with Gasteiger partial charge in [-0.25, -0.2) is 14.2 Å². The molecule has 98 valence electrons. The van der Waals surface area contributed by atoms with E-state index in [0.717, 1.165) is 18.2 Å². The summed E-state index contributed by atoms with van der Waals surface area (Å²) < 4.78 is 18.2. The quantitative estimate of drug-likeness (QED) is 0.675. The molecule has 0 saturated carbocycles. The fourth-order valence-corrected chi connectivity index (χ4v) is 1.55. The number of hydrogen-bond acceptors (Lipinski definition) is 5. The van der Waals surface area contributed by atoms with Crippen LogP contribution in [0.1, 0.15) is 16.2 Å². The maximum absolute atomic E-state index is 13.2. The molecule has 7 nitrogen and oxygen atoms in total. The highest BCUT2D eigenvalue weighted by atomic mass is 19.1. The van der Waals surface area contributed by atoms with Crippen LogP contribution in [0.2, 0.25) is 0 Å². The van der Waals surface area contributed by atoms with E-state index in [9.17, 15) is 19.3 Å². The molecule has 1 aromatic carbocycles.